The third-order valence-electron chi connectivity index (χ3n) is 11.8. The van der Waals surface area contributed by atoms with E-state index in [-0.39, 0.29) is 43.0 Å². The number of ketones is 1. The van der Waals surface area contributed by atoms with Crippen molar-refractivity contribution in [2.75, 3.05) is 0 Å². The van der Waals surface area contributed by atoms with Crippen LogP contribution in [0.1, 0.15) is 90.2 Å². The summed E-state index contributed by atoms with van der Waals surface area (Å²) in [6.45, 7) is 17.4. The quantitative estimate of drug-likeness (QED) is 0.0414. The van der Waals surface area contributed by atoms with Gasteiger partial charge in [-0.1, -0.05) is 102 Å². The van der Waals surface area contributed by atoms with Crippen molar-refractivity contribution >= 4 is 62.9 Å². The van der Waals surface area contributed by atoms with Crippen LogP contribution >= 0.6 is 0 Å². The van der Waals surface area contributed by atoms with Gasteiger partial charge in [0.2, 0.25) is 0 Å². The summed E-state index contributed by atoms with van der Waals surface area (Å²) in [5.41, 5.74) is 7.38. The van der Waals surface area contributed by atoms with Crippen LogP contribution in [0.4, 0.5) is 0 Å². The Bertz CT molecular complexity index is 2130. The summed E-state index contributed by atoms with van der Waals surface area (Å²) in [4.78, 5) is 16.8. The van der Waals surface area contributed by atoms with Gasteiger partial charge in [0.05, 0.1) is 0 Å². The Balaban J connectivity index is 0.000000238. The molecule has 7 rings (SSSR count). The molecule has 6 aromatic rings. The number of carbonyl (C=O) groups excluding carboxylic acids is 1. The third-order valence-corrected chi connectivity index (χ3v) is 15.1. The maximum absolute atomic E-state index is 11.9. The van der Waals surface area contributed by atoms with Gasteiger partial charge in [-0.25, -0.2) is 0 Å². The fraction of sp³-hybridized carbons (Fsp3) is 0.442. The molecule has 3 aromatic carbocycles. The molecule has 0 atom stereocenters. The molecule has 1 radical (unpaired) electrons. The van der Waals surface area contributed by atoms with E-state index in [9.17, 15) is 9.90 Å². The molecule has 0 aliphatic carbocycles. The van der Waals surface area contributed by atoms with Gasteiger partial charge in [0.15, 0.2) is 5.78 Å². The number of aliphatic hydroxyl groups excluding tert-OH is 1. The number of aromatic nitrogens is 2. The molecular formula is C43H53IrN2O2Si-. The summed E-state index contributed by atoms with van der Waals surface area (Å²) in [5, 5.41) is 16.4. The molecule has 0 bridgehead atoms. The van der Waals surface area contributed by atoms with Gasteiger partial charge < -0.3 is 14.5 Å². The van der Waals surface area contributed by atoms with E-state index in [2.05, 4.69) is 79.0 Å². The van der Waals surface area contributed by atoms with E-state index in [4.69, 9.17) is 4.98 Å². The summed E-state index contributed by atoms with van der Waals surface area (Å²) >= 11 is 0. The van der Waals surface area contributed by atoms with E-state index < -0.39 is 8.07 Å². The Morgan fingerprint density at radius 1 is 1.02 bits per heavy atom. The van der Waals surface area contributed by atoms with Gasteiger partial charge in [0, 0.05) is 62.8 Å². The Hall–Kier alpha value is -3.05. The number of aryl methyl sites for hydroxylation is 1. The SMILES string of the molecule is CCC(CC)C(=O)/C=C(\O)C(C)(CC)CC.Cc1[c-]c2c3nccc4cc(C5CC[Si](C)(C)CC5)cc(c43)n3c4ccccc4c(c1)c23.[Ir]. The second-order valence-corrected chi connectivity index (χ2v) is 20.7. The summed E-state index contributed by atoms with van der Waals surface area (Å²) in [6, 6.07) is 24.8. The number of rotatable bonds is 8. The molecule has 49 heavy (non-hydrogen) atoms. The van der Waals surface area contributed by atoms with Crippen molar-refractivity contribution < 1.29 is 30.0 Å². The van der Waals surface area contributed by atoms with Gasteiger partial charge in [-0.2, -0.15) is 0 Å². The predicted octanol–water partition coefficient (Wildman–Crippen LogP) is 12.3. The van der Waals surface area contributed by atoms with Crippen molar-refractivity contribution in [3.63, 3.8) is 0 Å². The van der Waals surface area contributed by atoms with Crippen LogP contribution in [0.15, 0.2) is 66.6 Å². The van der Waals surface area contributed by atoms with Crippen molar-refractivity contribution in [3.8, 4) is 0 Å². The van der Waals surface area contributed by atoms with Crippen LogP contribution in [0, 0.1) is 24.3 Å². The first-order valence-electron chi connectivity index (χ1n) is 18.3. The van der Waals surface area contributed by atoms with Crippen molar-refractivity contribution in [1.82, 2.24) is 9.38 Å². The van der Waals surface area contributed by atoms with Gasteiger partial charge in [-0.15, -0.1) is 17.7 Å². The maximum atomic E-state index is 11.9. The molecule has 261 valence electrons. The molecular weight excluding hydrogens is 797 g/mol. The number of benzene rings is 3. The Morgan fingerprint density at radius 3 is 2.35 bits per heavy atom. The zero-order chi connectivity index (χ0) is 34.4. The molecule has 1 aliphatic rings. The van der Waals surface area contributed by atoms with Gasteiger partial charge in [0.1, 0.15) is 5.76 Å². The average Bonchev–Trinajstić information content (AvgIpc) is 3.41. The smallest absolute Gasteiger partial charge is 0.162 e. The van der Waals surface area contributed by atoms with Crippen LogP contribution in [-0.2, 0) is 24.9 Å². The zero-order valence-corrected chi connectivity index (χ0v) is 34.1. The first-order valence-corrected chi connectivity index (χ1v) is 21.7. The number of hydrogen-bond donors (Lipinski definition) is 1. The van der Waals surface area contributed by atoms with E-state index >= 15 is 0 Å². The van der Waals surface area contributed by atoms with Gasteiger partial charge >= 0.3 is 0 Å². The fourth-order valence-electron chi connectivity index (χ4n) is 7.97. The van der Waals surface area contributed by atoms with Crippen molar-refractivity contribution in [3.05, 3.63) is 83.8 Å². The number of fused-ring (bicyclic) bond motifs is 5. The topological polar surface area (TPSA) is 54.6 Å². The summed E-state index contributed by atoms with van der Waals surface area (Å²) in [7, 11) is -0.975. The molecule has 6 heteroatoms. The molecule has 3 aromatic heterocycles. The molecule has 4 heterocycles. The number of hydrogen-bond acceptors (Lipinski definition) is 3. The summed E-state index contributed by atoms with van der Waals surface area (Å²) in [6.07, 6.45) is 9.50. The minimum absolute atomic E-state index is 0. The second kappa shape index (κ2) is 14.7. The first-order chi connectivity index (χ1) is 22.9. The van der Waals surface area contributed by atoms with Gasteiger partial charge in [-0.05, 0) is 95.4 Å². The number of allylic oxidation sites excluding steroid dienone is 2. The molecule has 1 N–H and O–H groups in total. The standard InChI is InChI=1S/C29H27N2Si.C14H26O2.Ir/c1-18-14-23-22-6-4-5-7-25(22)31-26-17-21(19-9-12-32(2,3)13-10-19)16-20-8-11-30-28(27(20)26)24(15-18)29(23)31;1-6-11(7-2)12(15)10-13(16)14(5,8-3)9-4;/h4-8,11,14,16-17,19H,9-10,12-13H2,1-3H3;10-11,16H,6-9H2,1-5H3;/q-1;;/b;13-10-;. The van der Waals surface area contributed by atoms with Crippen LogP contribution in [0.3, 0.4) is 0 Å². The van der Waals surface area contributed by atoms with Gasteiger partial charge in [-0.3, -0.25) is 4.79 Å². The molecule has 1 fully saturated rings. The third kappa shape index (κ3) is 6.86. The first kappa shape index (κ1) is 37.2. The van der Waals surface area contributed by atoms with E-state index in [1.807, 2.05) is 40.8 Å². The van der Waals surface area contributed by atoms with Crippen LogP contribution < -0.4 is 0 Å². The fourth-order valence-corrected chi connectivity index (χ4v) is 10.5. The number of para-hydroxylation sites is 1. The van der Waals surface area contributed by atoms with Crippen LogP contribution in [0.5, 0.6) is 0 Å². The monoisotopic (exact) mass is 850 g/mol. The normalized spacial score (nSPS) is 15.7. The Kier molecular flexibility index (Phi) is 11.1. The molecule has 1 aliphatic heterocycles. The van der Waals surface area contributed by atoms with Crippen LogP contribution in [-0.4, -0.2) is 28.3 Å². The van der Waals surface area contributed by atoms with Crippen molar-refractivity contribution in [2.45, 2.75) is 111 Å². The molecule has 0 unspecified atom stereocenters. The largest absolute Gasteiger partial charge is 0.512 e. The molecule has 0 spiro atoms. The van der Waals surface area contributed by atoms with Crippen LogP contribution in [0.2, 0.25) is 25.2 Å². The van der Waals surface area contributed by atoms with E-state index in [0.717, 1.165) is 36.6 Å². The average molecular weight is 850 g/mol. The number of aliphatic hydroxyl groups is 1. The molecule has 0 amide bonds. The zero-order valence-electron chi connectivity index (χ0n) is 30.7. The van der Waals surface area contributed by atoms with Crippen LogP contribution in [0.25, 0.3) is 49.0 Å². The minimum atomic E-state index is -0.975. The van der Waals surface area contributed by atoms with Crippen molar-refractivity contribution in [1.29, 1.82) is 0 Å². The summed E-state index contributed by atoms with van der Waals surface area (Å²) < 4.78 is 2.50. The number of carbonyl (C=O) groups is 1. The van der Waals surface area contributed by atoms with E-state index in [1.54, 1.807) is 0 Å². The van der Waals surface area contributed by atoms with Gasteiger partial charge in [0.25, 0.3) is 0 Å². The van der Waals surface area contributed by atoms with Crippen molar-refractivity contribution in [2.24, 2.45) is 11.3 Å². The number of pyridine rings is 2. The maximum Gasteiger partial charge on any atom is 0.162 e. The molecule has 1 saturated heterocycles. The van der Waals surface area contributed by atoms with E-state index in [0.29, 0.717) is 5.92 Å². The minimum Gasteiger partial charge on any atom is -0.512 e. The molecule has 0 saturated carbocycles. The Morgan fingerprint density at radius 2 is 1.69 bits per heavy atom. The Labute approximate surface area is 307 Å². The predicted molar refractivity (Wildman–Crippen MR) is 208 cm³/mol. The summed E-state index contributed by atoms with van der Waals surface area (Å²) in [5.74, 6) is 1.04. The molecule has 4 nitrogen and oxygen atoms in total. The second-order valence-electron chi connectivity index (χ2n) is 15.4. The van der Waals surface area contributed by atoms with E-state index in [1.165, 1.54) is 80.2 Å². The number of nitrogens with zero attached hydrogens (tertiary/aromatic N) is 2.